The maximum absolute atomic E-state index is 12.9. The van der Waals surface area contributed by atoms with Crippen LogP contribution in [0.3, 0.4) is 0 Å². The van der Waals surface area contributed by atoms with E-state index in [2.05, 4.69) is 10.5 Å². The molecule has 8 heteroatoms. The molecule has 2 atom stereocenters. The molecule has 1 aromatic heterocycles. The van der Waals surface area contributed by atoms with E-state index in [1.807, 2.05) is 0 Å². The number of piperidine rings is 1. The standard InChI is InChI=1S/C16H24F3N3O2/c1-9-13(10(2)24-21-9)15(3,4)14(23)20-11-6-7-12(16(17,18)19)22(5)8-11/h11-12H,6-8H2,1-5H3,(H,20,23)/t11-,12+/m1/s1. The van der Waals surface area contributed by atoms with Gasteiger partial charge in [0.25, 0.3) is 0 Å². The topological polar surface area (TPSA) is 58.4 Å². The zero-order valence-corrected chi connectivity index (χ0v) is 14.6. The van der Waals surface area contributed by atoms with Crippen LogP contribution in [0.25, 0.3) is 0 Å². The molecule has 1 N–H and O–H groups in total. The predicted octanol–water partition coefficient (Wildman–Crippen LogP) is 2.71. The summed E-state index contributed by atoms with van der Waals surface area (Å²) in [7, 11) is 1.44. The van der Waals surface area contributed by atoms with Crippen molar-refractivity contribution in [3.8, 4) is 0 Å². The largest absolute Gasteiger partial charge is 0.404 e. The van der Waals surface area contributed by atoms with Crippen molar-refractivity contribution in [2.45, 2.75) is 64.2 Å². The molecule has 0 saturated carbocycles. The van der Waals surface area contributed by atoms with Crippen molar-refractivity contribution in [1.82, 2.24) is 15.4 Å². The molecule has 2 rings (SSSR count). The fraction of sp³-hybridized carbons (Fsp3) is 0.750. The van der Waals surface area contributed by atoms with Gasteiger partial charge in [-0.3, -0.25) is 9.69 Å². The number of rotatable bonds is 3. The molecule has 1 amide bonds. The lowest BCUT2D eigenvalue weighted by Crippen LogP contribution is -2.56. The number of aromatic nitrogens is 1. The normalized spacial score (nSPS) is 23.3. The van der Waals surface area contributed by atoms with Crippen LogP contribution in [-0.2, 0) is 10.2 Å². The first-order valence-corrected chi connectivity index (χ1v) is 7.96. The quantitative estimate of drug-likeness (QED) is 0.913. The molecule has 0 aliphatic carbocycles. The van der Waals surface area contributed by atoms with Crippen LogP contribution in [0, 0.1) is 13.8 Å². The zero-order valence-electron chi connectivity index (χ0n) is 14.6. The highest BCUT2D eigenvalue weighted by atomic mass is 19.4. The smallest absolute Gasteiger partial charge is 0.361 e. The van der Waals surface area contributed by atoms with E-state index in [0.29, 0.717) is 17.9 Å². The summed E-state index contributed by atoms with van der Waals surface area (Å²) >= 11 is 0. The molecule has 5 nitrogen and oxygen atoms in total. The predicted molar refractivity (Wildman–Crippen MR) is 82.6 cm³/mol. The monoisotopic (exact) mass is 347 g/mol. The second kappa shape index (κ2) is 6.38. The van der Waals surface area contributed by atoms with E-state index < -0.39 is 17.6 Å². The second-order valence-electron chi connectivity index (χ2n) is 7.07. The first-order chi connectivity index (χ1) is 10.9. The Morgan fingerprint density at radius 2 is 1.92 bits per heavy atom. The second-order valence-corrected chi connectivity index (χ2v) is 7.07. The van der Waals surface area contributed by atoms with Crippen LogP contribution < -0.4 is 5.32 Å². The van der Waals surface area contributed by atoms with Gasteiger partial charge in [0, 0.05) is 18.2 Å². The number of hydrogen-bond acceptors (Lipinski definition) is 4. The average Bonchev–Trinajstić information content (AvgIpc) is 2.77. The van der Waals surface area contributed by atoms with Crippen molar-refractivity contribution >= 4 is 5.91 Å². The third-order valence-electron chi connectivity index (χ3n) is 4.77. The van der Waals surface area contributed by atoms with Crippen LogP contribution in [0.1, 0.15) is 43.7 Å². The van der Waals surface area contributed by atoms with Gasteiger partial charge in [-0.1, -0.05) is 5.16 Å². The number of carbonyl (C=O) groups is 1. The highest BCUT2D eigenvalue weighted by molar-refractivity contribution is 5.88. The van der Waals surface area contributed by atoms with Crippen LogP contribution in [0.15, 0.2) is 4.52 Å². The molecule has 0 unspecified atom stereocenters. The molecule has 1 fully saturated rings. The van der Waals surface area contributed by atoms with Crippen LogP contribution in [0.4, 0.5) is 13.2 Å². The molecular formula is C16H24F3N3O2. The Morgan fingerprint density at radius 3 is 2.38 bits per heavy atom. The van der Waals surface area contributed by atoms with Crippen molar-refractivity contribution in [3.05, 3.63) is 17.0 Å². The average molecular weight is 347 g/mol. The molecule has 0 aromatic carbocycles. The van der Waals surface area contributed by atoms with Crippen molar-refractivity contribution in [2.75, 3.05) is 13.6 Å². The van der Waals surface area contributed by atoms with Gasteiger partial charge < -0.3 is 9.84 Å². The Bertz CT molecular complexity index is 591. The van der Waals surface area contributed by atoms with Crippen molar-refractivity contribution in [1.29, 1.82) is 0 Å². The lowest BCUT2D eigenvalue weighted by atomic mass is 9.82. The van der Waals surface area contributed by atoms with E-state index >= 15 is 0 Å². The summed E-state index contributed by atoms with van der Waals surface area (Å²) in [6, 6.07) is -1.75. The number of hydrogen-bond donors (Lipinski definition) is 1. The SMILES string of the molecule is Cc1noc(C)c1C(C)(C)C(=O)N[C@@H]1CC[C@@H](C(F)(F)F)N(C)C1. The fourth-order valence-electron chi connectivity index (χ4n) is 3.53. The van der Waals surface area contributed by atoms with E-state index in [1.165, 1.54) is 11.9 Å². The van der Waals surface area contributed by atoms with Gasteiger partial charge in [0.05, 0.1) is 11.1 Å². The van der Waals surface area contributed by atoms with Gasteiger partial charge in [-0.25, -0.2) is 0 Å². The summed E-state index contributed by atoms with van der Waals surface area (Å²) in [5, 5.41) is 6.76. The Labute approximate surface area is 139 Å². The molecule has 0 bridgehead atoms. The molecule has 1 aromatic rings. The molecule has 0 radical (unpaired) electrons. The van der Waals surface area contributed by atoms with Crippen molar-refractivity contribution < 1.29 is 22.5 Å². The third-order valence-corrected chi connectivity index (χ3v) is 4.77. The highest BCUT2D eigenvalue weighted by Crippen LogP contribution is 2.32. The summed E-state index contributed by atoms with van der Waals surface area (Å²) in [5.74, 6) is 0.339. The third kappa shape index (κ3) is 3.58. The summed E-state index contributed by atoms with van der Waals surface area (Å²) in [6.07, 6.45) is -3.95. The van der Waals surface area contributed by atoms with Gasteiger partial charge in [-0.05, 0) is 47.6 Å². The zero-order chi connectivity index (χ0) is 18.3. The highest BCUT2D eigenvalue weighted by Gasteiger charge is 2.45. The number of carbonyl (C=O) groups excluding carboxylic acids is 1. The minimum atomic E-state index is -4.24. The summed E-state index contributed by atoms with van der Waals surface area (Å²) < 4.78 is 43.8. The molecule has 24 heavy (non-hydrogen) atoms. The minimum absolute atomic E-state index is 0.0172. The summed E-state index contributed by atoms with van der Waals surface area (Å²) in [5.41, 5.74) is 0.496. The number of nitrogens with zero attached hydrogens (tertiary/aromatic N) is 2. The number of nitrogens with one attached hydrogen (secondary N) is 1. The van der Waals surface area contributed by atoms with E-state index in [4.69, 9.17) is 4.52 Å². The first-order valence-electron chi connectivity index (χ1n) is 7.96. The molecule has 0 spiro atoms. The van der Waals surface area contributed by atoms with E-state index in [1.54, 1.807) is 27.7 Å². The summed E-state index contributed by atoms with van der Waals surface area (Å²) in [4.78, 5) is 14.0. The van der Waals surface area contributed by atoms with E-state index in [-0.39, 0.29) is 24.9 Å². The van der Waals surface area contributed by atoms with Crippen LogP contribution in [-0.4, -0.2) is 47.8 Å². The van der Waals surface area contributed by atoms with Gasteiger partial charge in [0.15, 0.2) is 0 Å². The molecular weight excluding hydrogens is 323 g/mol. The molecule has 2 heterocycles. The van der Waals surface area contributed by atoms with Crippen LogP contribution >= 0.6 is 0 Å². The molecule has 1 saturated heterocycles. The molecule has 1 aliphatic rings. The van der Waals surface area contributed by atoms with Crippen molar-refractivity contribution in [2.24, 2.45) is 0 Å². The van der Waals surface area contributed by atoms with E-state index in [0.717, 1.165) is 5.56 Å². The van der Waals surface area contributed by atoms with Gasteiger partial charge in [-0.15, -0.1) is 0 Å². The molecule has 136 valence electrons. The van der Waals surface area contributed by atoms with Gasteiger partial charge >= 0.3 is 6.18 Å². The fourth-order valence-corrected chi connectivity index (χ4v) is 3.53. The lowest BCUT2D eigenvalue weighted by molar-refractivity contribution is -0.188. The number of likely N-dealkylation sites (tertiary alicyclic amines) is 1. The van der Waals surface area contributed by atoms with E-state index in [9.17, 15) is 18.0 Å². The van der Waals surface area contributed by atoms with Gasteiger partial charge in [0.2, 0.25) is 5.91 Å². The minimum Gasteiger partial charge on any atom is -0.361 e. The Kier molecular flexibility index (Phi) is 4.99. The van der Waals surface area contributed by atoms with Crippen LogP contribution in [0.2, 0.25) is 0 Å². The Morgan fingerprint density at radius 1 is 1.29 bits per heavy atom. The number of aryl methyl sites for hydroxylation is 2. The number of halogens is 3. The number of amides is 1. The van der Waals surface area contributed by atoms with Gasteiger partial charge in [-0.2, -0.15) is 13.2 Å². The lowest BCUT2D eigenvalue weighted by Gasteiger charge is -2.39. The first kappa shape index (κ1) is 18.8. The summed E-state index contributed by atoms with van der Waals surface area (Å²) in [6.45, 7) is 7.21. The maximum atomic E-state index is 12.9. The maximum Gasteiger partial charge on any atom is 0.404 e. The van der Waals surface area contributed by atoms with Crippen LogP contribution in [0.5, 0.6) is 0 Å². The Balaban J connectivity index is 2.06. The molecule has 1 aliphatic heterocycles. The number of alkyl halides is 3. The Hall–Kier alpha value is -1.57. The van der Waals surface area contributed by atoms with Crippen molar-refractivity contribution in [3.63, 3.8) is 0 Å². The number of likely N-dealkylation sites (N-methyl/N-ethyl adjacent to an activating group) is 1. The van der Waals surface area contributed by atoms with Gasteiger partial charge in [0.1, 0.15) is 11.8 Å².